The Morgan fingerprint density at radius 1 is 1.10 bits per heavy atom. The van der Waals surface area contributed by atoms with Crippen LogP contribution in [0.1, 0.15) is 45.0 Å². The highest BCUT2D eigenvalue weighted by molar-refractivity contribution is 5.19. The largest absolute Gasteiger partial charge is 0.338 e. The molecule has 2 aromatic rings. The first-order valence-electron chi connectivity index (χ1n) is 7.50. The van der Waals surface area contributed by atoms with Gasteiger partial charge in [-0.3, -0.25) is 0 Å². The molecule has 1 N–H and O–H groups in total. The quantitative estimate of drug-likeness (QED) is 0.916. The number of aromatic nitrogens is 2. The normalized spacial score (nSPS) is 19.6. The molecule has 1 fully saturated rings. The molecule has 1 aliphatic rings. The third-order valence-corrected chi connectivity index (χ3v) is 5.19. The first kappa shape index (κ1) is 14.3. The van der Waals surface area contributed by atoms with Crippen molar-refractivity contribution < 1.29 is 4.52 Å². The minimum atomic E-state index is 0.319. The van der Waals surface area contributed by atoms with Crippen molar-refractivity contribution in [1.29, 1.82) is 0 Å². The molecule has 0 atom stereocenters. The van der Waals surface area contributed by atoms with Gasteiger partial charge in [-0.05, 0) is 16.4 Å². The van der Waals surface area contributed by atoms with Gasteiger partial charge in [-0.2, -0.15) is 4.98 Å². The maximum Gasteiger partial charge on any atom is 0.240 e. The number of benzene rings is 1. The molecule has 4 nitrogen and oxygen atoms in total. The summed E-state index contributed by atoms with van der Waals surface area (Å²) in [5.41, 5.74) is 1.84. The molecule has 3 rings (SSSR count). The first-order valence-corrected chi connectivity index (χ1v) is 7.50. The molecule has 1 aliphatic carbocycles. The average molecular weight is 285 g/mol. The molecule has 112 valence electrons. The summed E-state index contributed by atoms with van der Waals surface area (Å²) in [6, 6.07) is 10.7. The van der Waals surface area contributed by atoms with E-state index in [4.69, 9.17) is 4.52 Å². The summed E-state index contributed by atoms with van der Waals surface area (Å²) in [6.07, 6.45) is 0.713. The molecular weight excluding hydrogens is 262 g/mol. The topological polar surface area (TPSA) is 51.0 Å². The fourth-order valence-electron chi connectivity index (χ4n) is 3.11. The standard InChI is InChI=1S/C17H23N3O/c1-16(2)15(17(16,3)4)18-11-14-19-13(20-21-14)10-12-8-6-5-7-9-12/h5-9,15,18H,10-11H2,1-4H3. The first-order chi connectivity index (χ1) is 9.91. The van der Waals surface area contributed by atoms with Gasteiger partial charge < -0.3 is 9.84 Å². The minimum Gasteiger partial charge on any atom is -0.338 e. The van der Waals surface area contributed by atoms with Gasteiger partial charge in [0, 0.05) is 12.5 Å². The van der Waals surface area contributed by atoms with Crippen molar-refractivity contribution in [3.63, 3.8) is 0 Å². The lowest BCUT2D eigenvalue weighted by molar-refractivity contribution is 0.358. The van der Waals surface area contributed by atoms with Gasteiger partial charge >= 0.3 is 0 Å². The van der Waals surface area contributed by atoms with Crippen molar-refractivity contribution in [2.45, 2.75) is 46.7 Å². The van der Waals surface area contributed by atoms with Crippen LogP contribution in [0.3, 0.4) is 0 Å². The predicted octanol–water partition coefficient (Wildman–Crippen LogP) is 3.18. The van der Waals surface area contributed by atoms with E-state index in [2.05, 4.69) is 55.3 Å². The molecule has 0 amide bonds. The van der Waals surface area contributed by atoms with E-state index in [1.54, 1.807) is 0 Å². The monoisotopic (exact) mass is 285 g/mol. The Balaban J connectivity index is 1.57. The number of rotatable bonds is 5. The van der Waals surface area contributed by atoms with E-state index in [1.165, 1.54) is 5.56 Å². The molecule has 0 aliphatic heterocycles. The van der Waals surface area contributed by atoms with E-state index in [-0.39, 0.29) is 0 Å². The molecule has 1 aromatic heterocycles. The second-order valence-corrected chi connectivity index (χ2v) is 7.02. The summed E-state index contributed by atoms with van der Waals surface area (Å²) in [5, 5.41) is 7.59. The minimum absolute atomic E-state index is 0.319. The summed E-state index contributed by atoms with van der Waals surface area (Å²) in [7, 11) is 0. The van der Waals surface area contributed by atoms with Gasteiger partial charge in [-0.1, -0.05) is 63.2 Å². The zero-order valence-corrected chi connectivity index (χ0v) is 13.2. The Bertz CT molecular complexity index is 602. The molecule has 1 heterocycles. The molecule has 0 saturated heterocycles. The Morgan fingerprint density at radius 2 is 1.76 bits per heavy atom. The second kappa shape index (κ2) is 4.95. The van der Waals surface area contributed by atoms with Crippen molar-refractivity contribution in [2.24, 2.45) is 10.8 Å². The summed E-state index contributed by atoms with van der Waals surface area (Å²) < 4.78 is 5.33. The van der Waals surface area contributed by atoms with Crippen molar-refractivity contribution in [3.8, 4) is 0 Å². The van der Waals surface area contributed by atoms with E-state index < -0.39 is 0 Å². The van der Waals surface area contributed by atoms with Crippen LogP contribution >= 0.6 is 0 Å². The second-order valence-electron chi connectivity index (χ2n) is 7.02. The third kappa shape index (κ3) is 2.60. The van der Waals surface area contributed by atoms with E-state index in [9.17, 15) is 0 Å². The smallest absolute Gasteiger partial charge is 0.240 e. The maximum atomic E-state index is 5.33. The highest BCUT2D eigenvalue weighted by Crippen LogP contribution is 2.62. The zero-order valence-electron chi connectivity index (χ0n) is 13.2. The van der Waals surface area contributed by atoms with Crippen molar-refractivity contribution in [3.05, 3.63) is 47.6 Å². The summed E-state index contributed by atoms with van der Waals surface area (Å²) in [6.45, 7) is 9.80. The van der Waals surface area contributed by atoms with Crippen LogP contribution in [-0.4, -0.2) is 16.2 Å². The van der Waals surface area contributed by atoms with Crippen molar-refractivity contribution >= 4 is 0 Å². The van der Waals surface area contributed by atoms with Gasteiger partial charge in [0.1, 0.15) is 0 Å². The Morgan fingerprint density at radius 3 is 2.38 bits per heavy atom. The predicted molar refractivity (Wildman–Crippen MR) is 81.7 cm³/mol. The summed E-state index contributed by atoms with van der Waals surface area (Å²) in [5.74, 6) is 1.41. The van der Waals surface area contributed by atoms with Crippen LogP contribution in [-0.2, 0) is 13.0 Å². The van der Waals surface area contributed by atoms with Crippen LogP contribution in [0.15, 0.2) is 34.9 Å². The van der Waals surface area contributed by atoms with E-state index in [1.807, 2.05) is 18.2 Å². The molecule has 0 radical (unpaired) electrons. The number of nitrogens with one attached hydrogen (secondary N) is 1. The van der Waals surface area contributed by atoms with Gasteiger partial charge in [0.25, 0.3) is 0 Å². The molecule has 1 saturated carbocycles. The Hall–Kier alpha value is -1.68. The van der Waals surface area contributed by atoms with Crippen LogP contribution in [0.2, 0.25) is 0 Å². The summed E-state index contributed by atoms with van der Waals surface area (Å²) in [4.78, 5) is 4.46. The van der Waals surface area contributed by atoms with Gasteiger partial charge in [0.15, 0.2) is 5.82 Å². The van der Waals surface area contributed by atoms with Crippen LogP contribution in [0, 0.1) is 10.8 Å². The molecule has 0 bridgehead atoms. The van der Waals surface area contributed by atoms with Crippen molar-refractivity contribution in [2.75, 3.05) is 0 Å². The zero-order chi connectivity index (χ0) is 15.1. The van der Waals surface area contributed by atoms with E-state index in [0.717, 1.165) is 5.82 Å². The lowest BCUT2D eigenvalue weighted by atomic mass is 10.0. The van der Waals surface area contributed by atoms with Gasteiger partial charge in [0.05, 0.1) is 6.54 Å². The molecule has 21 heavy (non-hydrogen) atoms. The molecule has 0 unspecified atom stereocenters. The third-order valence-electron chi connectivity index (χ3n) is 5.19. The number of hydrogen-bond donors (Lipinski definition) is 1. The fraction of sp³-hybridized carbons (Fsp3) is 0.529. The SMILES string of the molecule is CC1(C)C(NCc2nc(Cc3ccccc3)no2)C1(C)C. The van der Waals surface area contributed by atoms with E-state index in [0.29, 0.717) is 35.7 Å². The van der Waals surface area contributed by atoms with Gasteiger partial charge in [0.2, 0.25) is 5.89 Å². The Kier molecular flexibility index (Phi) is 3.36. The summed E-state index contributed by atoms with van der Waals surface area (Å²) >= 11 is 0. The molecular formula is C17H23N3O. The van der Waals surface area contributed by atoms with Gasteiger partial charge in [-0.25, -0.2) is 0 Å². The van der Waals surface area contributed by atoms with E-state index >= 15 is 0 Å². The highest BCUT2D eigenvalue weighted by atomic mass is 16.5. The number of nitrogens with zero attached hydrogens (tertiary/aromatic N) is 2. The van der Waals surface area contributed by atoms with Crippen LogP contribution in [0.25, 0.3) is 0 Å². The number of hydrogen-bond acceptors (Lipinski definition) is 4. The fourth-order valence-corrected chi connectivity index (χ4v) is 3.11. The Labute approximate surface area is 126 Å². The average Bonchev–Trinajstić information content (AvgIpc) is 2.77. The highest BCUT2D eigenvalue weighted by Gasteiger charge is 2.64. The molecule has 4 heteroatoms. The lowest BCUT2D eigenvalue weighted by Crippen LogP contribution is -2.21. The van der Waals surface area contributed by atoms with Crippen LogP contribution in [0.5, 0.6) is 0 Å². The maximum absolute atomic E-state index is 5.33. The molecule has 0 spiro atoms. The van der Waals surface area contributed by atoms with Crippen LogP contribution in [0.4, 0.5) is 0 Å². The lowest BCUT2D eigenvalue weighted by Gasteiger charge is -2.03. The molecule has 1 aromatic carbocycles. The van der Waals surface area contributed by atoms with Crippen LogP contribution < -0.4 is 5.32 Å². The van der Waals surface area contributed by atoms with Crippen molar-refractivity contribution in [1.82, 2.24) is 15.5 Å². The van der Waals surface area contributed by atoms with Gasteiger partial charge in [-0.15, -0.1) is 0 Å².